The van der Waals surface area contributed by atoms with Crippen LogP contribution in [0.5, 0.6) is 0 Å². The Bertz CT molecular complexity index is 261. The van der Waals surface area contributed by atoms with Gasteiger partial charge in [0.1, 0.15) is 0 Å². The quantitative estimate of drug-likeness (QED) is 0.560. The maximum Gasteiger partial charge on any atom is 0.209 e. The monoisotopic (exact) mass is 256 g/mol. The van der Waals surface area contributed by atoms with Crippen molar-refractivity contribution in [1.29, 1.82) is 0 Å². The molecule has 1 rings (SSSR count). The molecule has 18 heavy (non-hydrogen) atoms. The van der Waals surface area contributed by atoms with Crippen LogP contribution in [0, 0.1) is 0 Å². The van der Waals surface area contributed by atoms with Gasteiger partial charge in [-0.25, -0.2) is 0 Å². The smallest absolute Gasteiger partial charge is 0.209 e. The van der Waals surface area contributed by atoms with Crippen molar-refractivity contribution in [2.45, 2.75) is 70.5 Å². The molecular formula is C14H28N2O2. The van der Waals surface area contributed by atoms with Gasteiger partial charge in [-0.1, -0.05) is 0 Å². The summed E-state index contributed by atoms with van der Waals surface area (Å²) < 4.78 is 0. The largest absolute Gasteiger partial charge is 0.396 e. The molecule has 1 aliphatic heterocycles. The summed E-state index contributed by atoms with van der Waals surface area (Å²) in [6, 6.07) is 0.299. The lowest BCUT2D eigenvalue weighted by atomic mass is 9.79. The zero-order valence-electron chi connectivity index (χ0n) is 12.2. The first kappa shape index (κ1) is 15.4. The fourth-order valence-corrected chi connectivity index (χ4v) is 3.23. The van der Waals surface area contributed by atoms with E-state index in [0.717, 1.165) is 38.6 Å². The number of carbonyl (C=O) groups excluding carboxylic acids is 1. The van der Waals surface area contributed by atoms with E-state index in [2.05, 4.69) is 33.0 Å². The van der Waals surface area contributed by atoms with Crippen LogP contribution in [-0.2, 0) is 4.79 Å². The van der Waals surface area contributed by atoms with E-state index in [0.29, 0.717) is 6.04 Å². The summed E-state index contributed by atoms with van der Waals surface area (Å²) in [7, 11) is 0. The Balaban J connectivity index is 2.64. The summed E-state index contributed by atoms with van der Waals surface area (Å²) in [5, 5.41) is 12.4. The van der Waals surface area contributed by atoms with Gasteiger partial charge in [0.2, 0.25) is 6.41 Å². The molecule has 0 aromatic rings. The molecule has 0 spiro atoms. The molecule has 1 saturated heterocycles. The Hall–Kier alpha value is -0.610. The first-order chi connectivity index (χ1) is 8.29. The average Bonchev–Trinajstić information content (AvgIpc) is 2.20. The summed E-state index contributed by atoms with van der Waals surface area (Å²) >= 11 is 0. The van der Waals surface area contributed by atoms with Crippen molar-refractivity contribution >= 4 is 6.41 Å². The first-order valence-electron chi connectivity index (χ1n) is 6.91. The molecule has 1 heterocycles. The van der Waals surface area contributed by atoms with Crippen LogP contribution in [0.1, 0.15) is 53.4 Å². The predicted octanol–water partition coefficient (Wildman–Crippen LogP) is 1.53. The van der Waals surface area contributed by atoms with Gasteiger partial charge in [-0.3, -0.25) is 4.79 Å². The number of rotatable bonds is 6. The fourth-order valence-electron chi connectivity index (χ4n) is 3.23. The zero-order chi connectivity index (χ0) is 13.8. The standard InChI is InChI=1S/C14H28N2O2/c1-13(2)9-12(10-14(3,4)15-13)16(11-18)7-5-6-8-17/h11-12,15,17H,5-10H2,1-4H3. The number of carbonyl (C=O) groups is 1. The SMILES string of the molecule is CC1(C)CC(N(C=O)CCCCO)CC(C)(C)N1. The topological polar surface area (TPSA) is 52.6 Å². The Kier molecular flexibility index (Phi) is 5.17. The highest BCUT2D eigenvalue weighted by atomic mass is 16.2. The van der Waals surface area contributed by atoms with Crippen LogP contribution in [-0.4, -0.2) is 46.7 Å². The van der Waals surface area contributed by atoms with E-state index in [9.17, 15) is 4.79 Å². The van der Waals surface area contributed by atoms with Gasteiger partial charge in [-0.05, 0) is 53.4 Å². The van der Waals surface area contributed by atoms with Crippen LogP contribution < -0.4 is 5.32 Å². The number of aliphatic hydroxyl groups is 1. The van der Waals surface area contributed by atoms with Crippen LogP contribution in [0.4, 0.5) is 0 Å². The molecule has 0 aliphatic carbocycles. The average molecular weight is 256 g/mol. The summed E-state index contributed by atoms with van der Waals surface area (Å²) in [6.07, 6.45) is 4.57. The Morgan fingerprint density at radius 3 is 2.22 bits per heavy atom. The van der Waals surface area contributed by atoms with Crippen LogP contribution in [0.3, 0.4) is 0 Å². The molecule has 106 valence electrons. The van der Waals surface area contributed by atoms with Crippen molar-refractivity contribution < 1.29 is 9.90 Å². The number of piperidine rings is 1. The predicted molar refractivity (Wildman–Crippen MR) is 73.4 cm³/mol. The molecule has 2 N–H and O–H groups in total. The van der Waals surface area contributed by atoms with Gasteiger partial charge < -0.3 is 15.3 Å². The molecule has 4 heteroatoms. The van der Waals surface area contributed by atoms with Crippen molar-refractivity contribution in [2.75, 3.05) is 13.2 Å². The normalized spacial score (nSPS) is 22.7. The molecule has 1 amide bonds. The number of hydrogen-bond acceptors (Lipinski definition) is 3. The van der Waals surface area contributed by atoms with Gasteiger partial charge in [0.15, 0.2) is 0 Å². The fraction of sp³-hybridized carbons (Fsp3) is 0.929. The minimum absolute atomic E-state index is 0.0602. The third-order valence-corrected chi connectivity index (χ3v) is 3.60. The number of amides is 1. The summed E-state index contributed by atoms with van der Waals surface area (Å²) in [5.74, 6) is 0. The summed E-state index contributed by atoms with van der Waals surface area (Å²) in [6.45, 7) is 9.72. The maximum atomic E-state index is 11.3. The second-order valence-corrected chi connectivity index (χ2v) is 6.73. The summed E-state index contributed by atoms with van der Waals surface area (Å²) in [4.78, 5) is 13.2. The minimum atomic E-state index is 0.0602. The van der Waals surface area contributed by atoms with Crippen molar-refractivity contribution in [3.8, 4) is 0 Å². The molecule has 0 radical (unpaired) electrons. The first-order valence-corrected chi connectivity index (χ1v) is 6.91. The minimum Gasteiger partial charge on any atom is -0.396 e. The molecule has 0 aromatic heterocycles. The van der Waals surface area contributed by atoms with Gasteiger partial charge in [0.25, 0.3) is 0 Å². The second kappa shape index (κ2) is 6.02. The molecule has 1 aliphatic rings. The van der Waals surface area contributed by atoms with Crippen LogP contribution in [0.15, 0.2) is 0 Å². The Labute approximate surface area is 111 Å². The van der Waals surface area contributed by atoms with Crippen molar-refractivity contribution in [3.63, 3.8) is 0 Å². The molecular weight excluding hydrogens is 228 g/mol. The number of nitrogens with zero attached hydrogens (tertiary/aromatic N) is 1. The second-order valence-electron chi connectivity index (χ2n) is 6.73. The zero-order valence-corrected chi connectivity index (χ0v) is 12.2. The molecule has 0 bridgehead atoms. The van der Waals surface area contributed by atoms with Gasteiger partial charge in [0.05, 0.1) is 0 Å². The number of aliphatic hydroxyl groups excluding tert-OH is 1. The van der Waals surface area contributed by atoms with Crippen molar-refractivity contribution in [2.24, 2.45) is 0 Å². The lowest BCUT2D eigenvalue weighted by Gasteiger charge is -2.49. The Morgan fingerprint density at radius 1 is 1.22 bits per heavy atom. The molecule has 1 fully saturated rings. The van der Waals surface area contributed by atoms with Crippen LogP contribution >= 0.6 is 0 Å². The third-order valence-electron chi connectivity index (χ3n) is 3.60. The van der Waals surface area contributed by atoms with Crippen molar-refractivity contribution in [1.82, 2.24) is 10.2 Å². The van der Waals surface area contributed by atoms with Gasteiger partial charge in [0, 0.05) is 30.3 Å². The third kappa shape index (κ3) is 4.58. The Morgan fingerprint density at radius 2 is 1.78 bits per heavy atom. The molecule has 0 atom stereocenters. The van der Waals surface area contributed by atoms with Crippen molar-refractivity contribution in [3.05, 3.63) is 0 Å². The number of unbranched alkanes of at least 4 members (excludes halogenated alkanes) is 1. The van der Waals surface area contributed by atoms with Gasteiger partial charge in [-0.15, -0.1) is 0 Å². The number of hydrogen-bond donors (Lipinski definition) is 2. The summed E-state index contributed by atoms with van der Waals surface area (Å²) in [5.41, 5.74) is 0.120. The van der Waals surface area contributed by atoms with E-state index in [-0.39, 0.29) is 17.7 Å². The number of nitrogens with one attached hydrogen (secondary N) is 1. The highest BCUT2D eigenvalue weighted by Gasteiger charge is 2.39. The lowest BCUT2D eigenvalue weighted by Crippen LogP contribution is -2.62. The van der Waals surface area contributed by atoms with E-state index < -0.39 is 0 Å². The van der Waals surface area contributed by atoms with Gasteiger partial charge in [-0.2, -0.15) is 0 Å². The van der Waals surface area contributed by atoms with Crippen LogP contribution in [0.25, 0.3) is 0 Å². The van der Waals surface area contributed by atoms with E-state index in [4.69, 9.17) is 5.11 Å². The molecule has 4 nitrogen and oxygen atoms in total. The van der Waals surface area contributed by atoms with E-state index in [1.54, 1.807) is 0 Å². The lowest BCUT2D eigenvalue weighted by molar-refractivity contribution is -0.122. The molecule has 0 aromatic carbocycles. The van der Waals surface area contributed by atoms with Gasteiger partial charge >= 0.3 is 0 Å². The highest BCUT2D eigenvalue weighted by molar-refractivity contribution is 5.48. The van der Waals surface area contributed by atoms with E-state index >= 15 is 0 Å². The molecule has 0 saturated carbocycles. The van der Waals surface area contributed by atoms with E-state index in [1.165, 1.54) is 0 Å². The molecule has 0 unspecified atom stereocenters. The highest BCUT2D eigenvalue weighted by Crippen LogP contribution is 2.31. The maximum absolute atomic E-state index is 11.3. The van der Waals surface area contributed by atoms with Crippen LogP contribution in [0.2, 0.25) is 0 Å². The van der Waals surface area contributed by atoms with E-state index in [1.807, 2.05) is 4.90 Å².